The number of benzene rings is 1. The number of aliphatic carboxylic acids is 1. The summed E-state index contributed by atoms with van der Waals surface area (Å²) in [6.45, 7) is 13.2. The molecule has 1 aromatic carbocycles. The van der Waals surface area contributed by atoms with Gasteiger partial charge >= 0.3 is 5.97 Å². The van der Waals surface area contributed by atoms with Crippen molar-refractivity contribution in [3.05, 3.63) is 40.5 Å². The zero-order valence-electron chi connectivity index (χ0n) is 20.9. The van der Waals surface area contributed by atoms with Gasteiger partial charge < -0.3 is 15.3 Å². The van der Waals surface area contributed by atoms with Crippen molar-refractivity contribution >= 4 is 12.0 Å². The highest BCUT2D eigenvalue weighted by molar-refractivity contribution is 5.75. The highest BCUT2D eigenvalue weighted by Crippen LogP contribution is 2.72. The van der Waals surface area contributed by atoms with Crippen LogP contribution in [0.2, 0.25) is 0 Å². The SMILES string of the molecule is Cc1c(O)c(O)cc2c1C=C[C@@]1(C)C3=CC[C@@]4(C)CC[C@@](C)(C(=O)O)C[C@H]4[C@]3(C)CC[C@@]21C. The van der Waals surface area contributed by atoms with Crippen molar-refractivity contribution in [2.75, 3.05) is 0 Å². The summed E-state index contributed by atoms with van der Waals surface area (Å²) in [5.74, 6) is -0.415. The van der Waals surface area contributed by atoms with Crippen LogP contribution in [0.15, 0.2) is 23.8 Å². The minimum absolute atomic E-state index is 0.0333. The van der Waals surface area contributed by atoms with Gasteiger partial charge in [0.15, 0.2) is 11.5 Å². The second-order valence-corrected chi connectivity index (χ2v) is 12.7. The van der Waals surface area contributed by atoms with Gasteiger partial charge in [-0.2, -0.15) is 0 Å². The van der Waals surface area contributed by atoms with E-state index in [-0.39, 0.29) is 33.2 Å². The van der Waals surface area contributed by atoms with Crippen LogP contribution in [-0.2, 0) is 10.2 Å². The number of carbonyl (C=O) groups is 1. The average molecular weight is 451 g/mol. The third kappa shape index (κ3) is 2.61. The zero-order valence-corrected chi connectivity index (χ0v) is 20.9. The molecule has 0 saturated heterocycles. The summed E-state index contributed by atoms with van der Waals surface area (Å²) in [7, 11) is 0. The van der Waals surface area contributed by atoms with Gasteiger partial charge in [0.2, 0.25) is 0 Å². The van der Waals surface area contributed by atoms with Crippen molar-refractivity contribution in [3.8, 4) is 11.5 Å². The number of hydrogen-bond donors (Lipinski definition) is 3. The first-order valence-electron chi connectivity index (χ1n) is 12.4. The van der Waals surface area contributed by atoms with Crippen molar-refractivity contribution in [1.29, 1.82) is 0 Å². The number of aromatic hydroxyl groups is 2. The number of hydrogen-bond acceptors (Lipinski definition) is 3. The second-order valence-electron chi connectivity index (χ2n) is 12.7. The van der Waals surface area contributed by atoms with Gasteiger partial charge in [-0.25, -0.2) is 0 Å². The Bertz CT molecular complexity index is 1130. The summed E-state index contributed by atoms with van der Waals surface area (Å²) in [6, 6.07) is 1.78. The van der Waals surface area contributed by atoms with E-state index in [4.69, 9.17) is 0 Å². The second kappa shape index (κ2) is 6.46. The van der Waals surface area contributed by atoms with Crippen molar-refractivity contribution in [2.45, 2.75) is 85.5 Å². The third-order valence-corrected chi connectivity index (χ3v) is 11.0. The molecule has 4 aliphatic carbocycles. The van der Waals surface area contributed by atoms with E-state index in [1.165, 1.54) is 5.57 Å². The van der Waals surface area contributed by atoms with Crippen molar-refractivity contribution in [3.63, 3.8) is 0 Å². The molecule has 1 aromatic rings. The molecule has 178 valence electrons. The van der Waals surface area contributed by atoms with Crippen LogP contribution in [-0.4, -0.2) is 21.3 Å². The molecule has 5 rings (SSSR count). The standard InChI is InChI=1S/C29H38O4/c1-17-18-7-10-29(6)21-8-9-25(2)11-12-26(3,24(32)33)16-22(25)27(21,4)13-14-28(29,5)19(18)15-20(30)23(17)31/h7-8,10,15,22,30-31H,9,11-14,16H2,1-6H3,(H,32,33)/t22-,25+,26-,27-,28+,29+/m1/s1. The number of phenols is 2. The van der Waals surface area contributed by atoms with Gasteiger partial charge in [0.1, 0.15) is 0 Å². The molecule has 0 aromatic heterocycles. The molecular weight excluding hydrogens is 412 g/mol. The van der Waals surface area contributed by atoms with Crippen LogP contribution in [0.4, 0.5) is 0 Å². The normalized spacial score (nSPS) is 43.6. The lowest BCUT2D eigenvalue weighted by Crippen LogP contribution is -2.59. The van der Waals surface area contributed by atoms with E-state index in [1.807, 2.05) is 13.8 Å². The Kier molecular flexibility index (Phi) is 4.41. The van der Waals surface area contributed by atoms with Crippen LogP contribution in [0.5, 0.6) is 11.5 Å². The van der Waals surface area contributed by atoms with Crippen molar-refractivity contribution in [1.82, 2.24) is 0 Å². The van der Waals surface area contributed by atoms with Crippen molar-refractivity contribution < 1.29 is 20.1 Å². The third-order valence-electron chi connectivity index (χ3n) is 11.0. The number of allylic oxidation sites excluding steroid dienone is 3. The van der Waals surface area contributed by atoms with E-state index in [0.717, 1.165) is 55.2 Å². The molecule has 0 aliphatic heterocycles. The fourth-order valence-corrected chi connectivity index (χ4v) is 8.32. The predicted molar refractivity (Wildman–Crippen MR) is 130 cm³/mol. The van der Waals surface area contributed by atoms with Gasteiger partial charge in [-0.3, -0.25) is 4.79 Å². The summed E-state index contributed by atoms with van der Waals surface area (Å²) in [4.78, 5) is 12.2. The Morgan fingerprint density at radius 2 is 1.73 bits per heavy atom. The molecule has 0 radical (unpaired) electrons. The molecule has 0 unspecified atom stereocenters. The average Bonchev–Trinajstić information content (AvgIpc) is 2.75. The van der Waals surface area contributed by atoms with E-state index in [1.54, 1.807) is 6.07 Å². The lowest BCUT2D eigenvalue weighted by atomic mass is 9.37. The van der Waals surface area contributed by atoms with E-state index in [2.05, 4.69) is 45.9 Å². The fraction of sp³-hybridized carbons (Fsp3) is 0.621. The maximum absolute atomic E-state index is 12.2. The van der Waals surface area contributed by atoms with Gasteiger partial charge in [-0.15, -0.1) is 0 Å². The number of phenolic OH excluding ortho intramolecular Hbond substituents is 2. The summed E-state index contributed by atoms with van der Waals surface area (Å²) in [5, 5.41) is 30.9. The molecule has 6 atom stereocenters. The van der Waals surface area contributed by atoms with Crippen LogP contribution in [0.3, 0.4) is 0 Å². The zero-order chi connectivity index (χ0) is 24.2. The van der Waals surface area contributed by atoms with Crippen LogP contribution >= 0.6 is 0 Å². The van der Waals surface area contributed by atoms with Crippen LogP contribution in [0.25, 0.3) is 6.08 Å². The Labute approximate surface area is 197 Å². The minimum atomic E-state index is -0.660. The highest BCUT2D eigenvalue weighted by Gasteiger charge is 2.64. The maximum atomic E-state index is 12.2. The largest absolute Gasteiger partial charge is 0.504 e. The van der Waals surface area contributed by atoms with Crippen LogP contribution in [0.1, 0.15) is 89.8 Å². The van der Waals surface area contributed by atoms with Gasteiger partial charge in [0.05, 0.1) is 5.41 Å². The molecule has 0 spiro atoms. The molecule has 4 nitrogen and oxygen atoms in total. The molecule has 0 bridgehead atoms. The van der Waals surface area contributed by atoms with Crippen LogP contribution in [0, 0.1) is 34.5 Å². The van der Waals surface area contributed by atoms with Crippen LogP contribution < -0.4 is 0 Å². The molecule has 4 aliphatic rings. The lowest BCUT2D eigenvalue weighted by Gasteiger charge is -2.66. The van der Waals surface area contributed by atoms with Gasteiger partial charge in [-0.05, 0) is 86.3 Å². The molecule has 0 amide bonds. The monoisotopic (exact) mass is 450 g/mol. The Hall–Kier alpha value is -2.23. The minimum Gasteiger partial charge on any atom is -0.504 e. The lowest BCUT2D eigenvalue weighted by molar-refractivity contribution is -0.157. The molecule has 33 heavy (non-hydrogen) atoms. The Balaban J connectivity index is 1.66. The topological polar surface area (TPSA) is 77.8 Å². The van der Waals surface area contributed by atoms with Gasteiger partial charge in [0.25, 0.3) is 0 Å². The quantitative estimate of drug-likeness (QED) is 0.328. The highest BCUT2D eigenvalue weighted by atomic mass is 16.4. The predicted octanol–water partition coefficient (Wildman–Crippen LogP) is 6.72. The molecule has 2 fully saturated rings. The molecule has 2 saturated carbocycles. The van der Waals surface area contributed by atoms with E-state index >= 15 is 0 Å². The summed E-state index contributed by atoms with van der Waals surface area (Å²) in [6.07, 6.45) is 12.3. The summed E-state index contributed by atoms with van der Waals surface area (Å²) >= 11 is 0. The number of rotatable bonds is 1. The fourth-order valence-electron chi connectivity index (χ4n) is 8.32. The van der Waals surface area contributed by atoms with E-state index < -0.39 is 11.4 Å². The number of carboxylic acids is 1. The first kappa shape index (κ1) is 22.6. The summed E-state index contributed by atoms with van der Waals surface area (Å²) < 4.78 is 0. The number of carboxylic acid groups (broad SMARTS) is 1. The molecule has 4 heteroatoms. The van der Waals surface area contributed by atoms with Gasteiger partial charge in [-0.1, -0.05) is 51.5 Å². The maximum Gasteiger partial charge on any atom is 0.309 e. The summed E-state index contributed by atoms with van der Waals surface area (Å²) in [5.41, 5.74) is 3.26. The Morgan fingerprint density at radius 3 is 2.39 bits per heavy atom. The molecular formula is C29H38O4. The van der Waals surface area contributed by atoms with Gasteiger partial charge in [0, 0.05) is 16.4 Å². The van der Waals surface area contributed by atoms with E-state index in [0.29, 0.717) is 5.92 Å². The number of fused-ring (bicyclic) bond motifs is 7. The molecule has 3 N–H and O–H groups in total. The molecule has 0 heterocycles. The van der Waals surface area contributed by atoms with Crippen molar-refractivity contribution in [2.24, 2.45) is 27.6 Å². The smallest absolute Gasteiger partial charge is 0.309 e. The first-order chi connectivity index (χ1) is 15.2. The van der Waals surface area contributed by atoms with E-state index in [9.17, 15) is 20.1 Å². The Morgan fingerprint density at radius 1 is 1.03 bits per heavy atom. The first-order valence-corrected chi connectivity index (χ1v) is 12.4.